The lowest BCUT2D eigenvalue weighted by Gasteiger charge is -2.25. The number of nitrogens with zero attached hydrogens (tertiary/aromatic N) is 1. The lowest BCUT2D eigenvalue weighted by atomic mass is 10.0. The van der Waals surface area contributed by atoms with Crippen molar-refractivity contribution in [3.63, 3.8) is 0 Å². The Balaban J connectivity index is 1.96. The maximum atomic E-state index is 13.4. The first-order chi connectivity index (χ1) is 9.70. The van der Waals surface area contributed by atoms with Crippen LogP contribution in [0.25, 0.3) is 0 Å². The van der Waals surface area contributed by atoms with Crippen LogP contribution in [0.5, 0.6) is 0 Å². The van der Waals surface area contributed by atoms with Crippen LogP contribution in [-0.4, -0.2) is 30.6 Å². The van der Waals surface area contributed by atoms with Crippen molar-refractivity contribution in [1.82, 2.24) is 10.2 Å². The molecule has 0 amide bonds. The van der Waals surface area contributed by atoms with Gasteiger partial charge in [-0.3, -0.25) is 0 Å². The molecule has 1 N–H and O–H groups in total. The number of rotatable bonds is 7. The molecule has 112 valence electrons. The highest BCUT2D eigenvalue weighted by molar-refractivity contribution is 5.20. The summed E-state index contributed by atoms with van der Waals surface area (Å²) in [7, 11) is 0. The molecule has 1 fully saturated rings. The van der Waals surface area contributed by atoms with Crippen LogP contribution in [0.4, 0.5) is 4.39 Å². The molecule has 1 aromatic carbocycles. The van der Waals surface area contributed by atoms with Crippen LogP contribution in [0.1, 0.15) is 51.1 Å². The van der Waals surface area contributed by atoms with Gasteiger partial charge in [-0.2, -0.15) is 0 Å². The second-order valence-corrected chi connectivity index (χ2v) is 5.88. The van der Waals surface area contributed by atoms with Gasteiger partial charge in [0.2, 0.25) is 0 Å². The van der Waals surface area contributed by atoms with Gasteiger partial charge in [0.15, 0.2) is 0 Å². The van der Waals surface area contributed by atoms with Crippen LogP contribution in [-0.2, 0) is 0 Å². The average molecular weight is 278 g/mol. The van der Waals surface area contributed by atoms with E-state index in [4.69, 9.17) is 0 Å². The Morgan fingerprint density at radius 1 is 1.45 bits per heavy atom. The summed E-state index contributed by atoms with van der Waals surface area (Å²) < 4.78 is 13.4. The molecule has 2 nitrogen and oxygen atoms in total. The molecule has 0 bridgehead atoms. The smallest absolute Gasteiger partial charge is 0.123 e. The fraction of sp³-hybridized carbons (Fsp3) is 0.647. The van der Waals surface area contributed by atoms with Crippen molar-refractivity contribution in [3.05, 3.63) is 35.6 Å². The van der Waals surface area contributed by atoms with E-state index in [1.807, 2.05) is 12.1 Å². The first kappa shape index (κ1) is 15.5. The van der Waals surface area contributed by atoms with Gasteiger partial charge in [0.1, 0.15) is 5.82 Å². The zero-order valence-electron chi connectivity index (χ0n) is 12.7. The molecule has 1 aliphatic heterocycles. The Kier molecular flexibility index (Phi) is 5.99. The molecule has 1 saturated heterocycles. The second kappa shape index (κ2) is 7.75. The minimum absolute atomic E-state index is 0.139. The quantitative estimate of drug-likeness (QED) is 0.817. The third kappa shape index (κ3) is 4.29. The Labute approximate surface area is 122 Å². The Morgan fingerprint density at radius 3 is 2.95 bits per heavy atom. The van der Waals surface area contributed by atoms with E-state index in [9.17, 15) is 4.39 Å². The first-order valence-electron chi connectivity index (χ1n) is 7.93. The predicted molar refractivity (Wildman–Crippen MR) is 82.3 cm³/mol. The number of hydrogen-bond donors (Lipinski definition) is 1. The highest BCUT2D eigenvalue weighted by Gasteiger charge is 2.21. The van der Waals surface area contributed by atoms with Crippen molar-refractivity contribution in [1.29, 1.82) is 0 Å². The third-order valence-electron chi connectivity index (χ3n) is 4.29. The van der Waals surface area contributed by atoms with Gasteiger partial charge >= 0.3 is 0 Å². The molecule has 3 heteroatoms. The molecule has 1 aliphatic rings. The van der Waals surface area contributed by atoms with Gasteiger partial charge in [-0.05, 0) is 63.4 Å². The van der Waals surface area contributed by atoms with Crippen molar-refractivity contribution >= 4 is 0 Å². The van der Waals surface area contributed by atoms with Gasteiger partial charge in [-0.1, -0.05) is 19.1 Å². The van der Waals surface area contributed by atoms with E-state index < -0.39 is 0 Å². The fourth-order valence-corrected chi connectivity index (χ4v) is 3.05. The maximum Gasteiger partial charge on any atom is 0.123 e. The van der Waals surface area contributed by atoms with Gasteiger partial charge in [0.05, 0.1) is 0 Å². The zero-order chi connectivity index (χ0) is 14.4. The standard InChI is InChI=1S/C17H27FN2/c1-3-10-19-17(15-7-4-8-16(18)13-15)9-12-20-11-5-6-14(20)2/h4,7-8,13-14,17,19H,3,5-6,9-12H2,1-2H3. The summed E-state index contributed by atoms with van der Waals surface area (Å²) in [6.07, 6.45) is 4.78. The maximum absolute atomic E-state index is 13.4. The van der Waals surface area contributed by atoms with Crippen LogP contribution in [0, 0.1) is 5.82 Å². The molecule has 1 aromatic rings. The van der Waals surface area contributed by atoms with Crippen molar-refractivity contribution in [3.8, 4) is 0 Å². The molecule has 20 heavy (non-hydrogen) atoms. The third-order valence-corrected chi connectivity index (χ3v) is 4.29. The monoisotopic (exact) mass is 278 g/mol. The molecule has 0 saturated carbocycles. The summed E-state index contributed by atoms with van der Waals surface area (Å²) in [5, 5.41) is 3.56. The lowest BCUT2D eigenvalue weighted by Crippen LogP contribution is -2.32. The summed E-state index contributed by atoms with van der Waals surface area (Å²) >= 11 is 0. The second-order valence-electron chi connectivity index (χ2n) is 5.88. The molecule has 2 unspecified atom stereocenters. The topological polar surface area (TPSA) is 15.3 Å². The molecule has 2 atom stereocenters. The lowest BCUT2D eigenvalue weighted by molar-refractivity contribution is 0.251. The largest absolute Gasteiger partial charge is 0.310 e. The Morgan fingerprint density at radius 2 is 2.30 bits per heavy atom. The molecule has 0 radical (unpaired) electrons. The number of nitrogens with one attached hydrogen (secondary N) is 1. The molecule has 0 aliphatic carbocycles. The summed E-state index contributed by atoms with van der Waals surface area (Å²) in [4.78, 5) is 2.56. The Bertz CT molecular complexity index is 408. The highest BCUT2D eigenvalue weighted by atomic mass is 19.1. The summed E-state index contributed by atoms with van der Waals surface area (Å²) in [5.74, 6) is -0.139. The number of benzene rings is 1. The number of hydrogen-bond acceptors (Lipinski definition) is 2. The average Bonchev–Trinajstić information content (AvgIpc) is 2.84. The minimum Gasteiger partial charge on any atom is -0.310 e. The SMILES string of the molecule is CCCNC(CCN1CCCC1C)c1cccc(F)c1. The van der Waals surface area contributed by atoms with E-state index in [-0.39, 0.29) is 11.9 Å². The van der Waals surface area contributed by atoms with Crippen molar-refractivity contribution in [2.24, 2.45) is 0 Å². The van der Waals surface area contributed by atoms with Gasteiger partial charge < -0.3 is 10.2 Å². The molecule has 0 aromatic heterocycles. The van der Waals surface area contributed by atoms with Crippen molar-refractivity contribution in [2.75, 3.05) is 19.6 Å². The molecule has 1 heterocycles. The van der Waals surface area contributed by atoms with Gasteiger partial charge in [0, 0.05) is 18.6 Å². The van der Waals surface area contributed by atoms with Crippen molar-refractivity contribution < 1.29 is 4.39 Å². The van der Waals surface area contributed by atoms with E-state index in [0.29, 0.717) is 6.04 Å². The normalized spacial score (nSPS) is 21.2. The summed E-state index contributed by atoms with van der Waals surface area (Å²) in [6.45, 7) is 7.77. The highest BCUT2D eigenvalue weighted by Crippen LogP contribution is 2.22. The van der Waals surface area contributed by atoms with Gasteiger partial charge in [-0.25, -0.2) is 4.39 Å². The molecule has 0 spiro atoms. The fourth-order valence-electron chi connectivity index (χ4n) is 3.05. The van der Waals surface area contributed by atoms with Crippen LogP contribution in [0.2, 0.25) is 0 Å². The van der Waals surface area contributed by atoms with Crippen molar-refractivity contribution in [2.45, 2.75) is 51.6 Å². The number of likely N-dealkylation sites (tertiary alicyclic amines) is 1. The predicted octanol–water partition coefficient (Wildman–Crippen LogP) is 3.74. The van der Waals surface area contributed by atoms with Gasteiger partial charge in [-0.15, -0.1) is 0 Å². The van der Waals surface area contributed by atoms with E-state index in [1.165, 1.54) is 25.5 Å². The van der Waals surface area contributed by atoms with Crippen LogP contribution in [0.3, 0.4) is 0 Å². The van der Waals surface area contributed by atoms with Crippen LogP contribution >= 0.6 is 0 Å². The van der Waals surface area contributed by atoms with Crippen LogP contribution < -0.4 is 5.32 Å². The van der Waals surface area contributed by atoms with E-state index in [0.717, 1.165) is 31.5 Å². The first-order valence-corrected chi connectivity index (χ1v) is 7.93. The van der Waals surface area contributed by atoms with Gasteiger partial charge in [0.25, 0.3) is 0 Å². The van der Waals surface area contributed by atoms with Crippen LogP contribution in [0.15, 0.2) is 24.3 Å². The van der Waals surface area contributed by atoms with E-state index in [2.05, 4.69) is 24.1 Å². The molecular weight excluding hydrogens is 251 g/mol. The van der Waals surface area contributed by atoms with E-state index >= 15 is 0 Å². The summed E-state index contributed by atoms with van der Waals surface area (Å²) in [6, 6.07) is 7.99. The summed E-state index contributed by atoms with van der Waals surface area (Å²) in [5.41, 5.74) is 1.07. The minimum atomic E-state index is -0.139. The molecular formula is C17H27FN2. The Hall–Kier alpha value is -0.930. The van der Waals surface area contributed by atoms with E-state index in [1.54, 1.807) is 6.07 Å². The number of halogens is 1. The zero-order valence-corrected chi connectivity index (χ0v) is 12.7. The molecule has 2 rings (SSSR count).